The highest BCUT2D eigenvalue weighted by Gasteiger charge is 2.16. The van der Waals surface area contributed by atoms with Crippen LogP contribution in [0.3, 0.4) is 0 Å². The second kappa shape index (κ2) is 7.08. The largest absolute Gasteiger partial charge is 0.485 e. The first-order valence-corrected chi connectivity index (χ1v) is 6.12. The molecule has 0 spiro atoms. The molecule has 5 heteroatoms. The van der Waals surface area contributed by atoms with E-state index in [0.29, 0.717) is 23.7 Å². The number of nitrogens with two attached hydrogens (primary N) is 2. The van der Waals surface area contributed by atoms with Crippen LogP contribution in [0, 0.1) is 0 Å². The molecule has 0 radical (unpaired) electrons. The number of nitrogen functional groups attached to an aromatic ring is 2. The van der Waals surface area contributed by atoms with Crippen molar-refractivity contribution in [3.8, 4) is 5.75 Å². The van der Waals surface area contributed by atoms with Crippen LogP contribution in [-0.2, 0) is 0 Å². The molecule has 6 N–H and O–H groups in total. The zero-order valence-corrected chi connectivity index (χ0v) is 11.6. The zero-order valence-electron chi connectivity index (χ0n) is 11.6. The van der Waals surface area contributed by atoms with Crippen LogP contribution in [0.4, 0.5) is 11.4 Å². The van der Waals surface area contributed by atoms with Gasteiger partial charge in [0.15, 0.2) is 0 Å². The molecule has 0 saturated heterocycles. The Bertz CT molecular complexity index is 365. The van der Waals surface area contributed by atoms with Gasteiger partial charge in [-0.15, -0.1) is 0 Å². The third kappa shape index (κ3) is 4.43. The fourth-order valence-electron chi connectivity index (χ4n) is 1.59. The number of hydrogen-bond acceptors (Lipinski definition) is 3. The van der Waals surface area contributed by atoms with Crippen molar-refractivity contribution in [3.63, 3.8) is 0 Å². The van der Waals surface area contributed by atoms with E-state index in [2.05, 4.69) is 20.9 Å². The maximum atomic E-state index is 5.82. The Morgan fingerprint density at radius 1 is 1.17 bits per heavy atom. The summed E-state index contributed by atoms with van der Waals surface area (Å²) in [5, 5.41) is 0. The van der Waals surface area contributed by atoms with E-state index >= 15 is 0 Å². The Morgan fingerprint density at radius 2 is 1.78 bits per heavy atom. The van der Waals surface area contributed by atoms with Gasteiger partial charge in [-0.3, -0.25) is 0 Å². The molecule has 0 unspecified atom stereocenters. The Labute approximate surface area is 109 Å². The van der Waals surface area contributed by atoms with Gasteiger partial charge in [0, 0.05) is 11.8 Å². The van der Waals surface area contributed by atoms with Crippen molar-refractivity contribution in [2.75, 3.05) is 44.8 Å². The van der Waals surface area contributed by atoms with Gasteiger partial charge in [0.1, 0.15) is 18.9 Å². The van der Waals surface area contributed by atoms with E-state index < -0.39 is 0 Å². The summed E-state index contributed by atoms with van der Waals surface area (Å²) in [6.45, 7) is 8.22. The maximum absolute atomic E-state index is 5.82. The zero-order chi connectivity index (χ0) is 12.9. The molecule has 0 aromatic heterocycles. The van der Waals surface area contributed by atoms with Crippen LogP contribution in [0.25, 0.3) is 0 Å². The second-order valence-corrected chi connectivity index (χ2v) is 4.62. The van der Waals surface area contributed by atoms with Crippen LogP contribution >= 0.6 is 0 Å². The van der Waals surface area contributed by atoms with Crippen molar-refractivity contribution >= 4 is 11.4 Å². The molecule has 5 nitrogen and oxygen atoms in total. The summed E-state index contributed by atoms with van der Waals surface area (Å²) in [7, 11) is 2.23. The molecule has 0 bridgehead atoms. The van der Waals surface area contributed by atoms with Crippen molar-refractivity contribution in [2.45, 2.75) is 13.8 Å². The molecular weight excluding hydrogens is 230 g/mol. The second-order valence-electron chi connectivity index (χ2n) is 4.62. The lowest BCUT2D eigenvalue weighted by Gasteiger charge is -2.31. The van der Waals surface area contributed by atoms with E-state index in [1.807, 2.05) is 0 Å². The Balaban J connectivity index is 0.00000289. The van der Waals surface area contributed by atoms with Gasteiger partial charge in [-0.25, -0.2) is 0 Å². The smallest absolute Gasteiger partial charge is 0.144 e. The molecule has 104 valence electrons. The quantitative estimate of drug-likeness (QED) is 0.585. The molecule has 1 aromatic carbocycles. The number of likely N-dealkylation sites (N-methyl/N-ethyl adjacent to an activating group) is 1. The average molecular weight is 256 g/mol. The van der Waals surface area contributed by atoms with E-state index in [4.69, 9.17) is 16.2 Å². The highest BCUT2D eigenvalue weighted by Crippen LogP contribution is 2.23. The monoisotopic (exact) mass is 256 g/mol. The predicted octanol–water partition coefficient (Wildman–Crippen LogP) is 0.891. The van der Waals surface area contributed by atoms with Crippen molar-refractivity contribution in [3.05, 3.63) is 18.2 Å². The van der Waals surface area contributed by atoms with E-state index in [0.717, 1.165) is 24.1 Å². The SMILES string of the molecule is CC[N+](C)(CC)CCOc1cc(N)ccc1N.O. The minimum Gasteiger partial charge on any atom is -0.485 e. The molecule has 0 saturated carbocycles. The first-order valence-electron chi connectivity index (χ1n) is 6.12. The molecule has 0 aliphatic carbocycles. The van der Waals surface area contributed by atoms with Gasteiger partial charge in [0.2, 0.25) is 0 Å². The first-order chi connectivity index (χ1) is 8.00. The van der Waals surface area contributed by atoms with Crippen LogP contribution in [-0.4, -0.2) is 43.2 Å². The van der Waals surface area contributed by atoms with Gasteiger partial charge in [0.05, 0.1) is 25.8 Å². The Kier molecular flexibility index (Phi) is 6.51. The van der Waals surface area contributed by atoms with Crippen molar-refractivity contribution in [2.24, 2.45) is 0 Å². The van der Waals surface area contributed by atoms with E-state index in [1.165, 1.54) is 0 Å². The third-order valence-corrected chi connectivity index (χ3v) is 3.45. The molecule has 1 aromatic rings. The van der Waals surface area contributed by atoms with Crippen LogP contribution in [0.5, 0.6) is 5.75 Å². The normalized spacial score (nSPS) is 10.8. The van der Waals surface area contributed by atoms with E-state index in [9.17, 15) is 0 Å². The molecule has 1 rings (SSSR count). The topological polar surface area (TPSA) is 92.8 Å². The van der Waals surface area contributed by atoms with E-state index in [1.54, 1.807) is 18.2 Å². The van der Waals surface area contributed by atoms with Crippen LogP contribution in [0.15, 0.2) is 18.2 Å². The molecule has 0 aliphatic rings. The molecule has 0 aliphatic heterocycles. The van der Waals surface area contributed by atoms with Gasteiger partial charge in [0.25, 0.3) is 0 Å². The van der Waals surface area contributed by atoms with Crippen LogP contribution < -0.4 is 16.2 Å². The number of hydrogen-bond donors (Lipinski definition) is 2. The summed E-state index contributed by atoms with van der Waals surface area (Å²) in [4.78, 5) is 0. The summed E-state index contributed by atoms with van der Waals surface area (Å²) >= 11 is 0. The maximum Gasteiger partial charge on any atom is 0.144 e. The molecule has 18 heavy (non-hydrogen) atoms. The van der Waals surface area contributed by atoms with Gasteiger partial charge in [-0.2, -0.15) is 0 Å². The summed E-state index contributed by atoms with van der Waals surface area (Å²) in [5.74, 6) is 0.684. The Morgan fingerprint density at radius 3 is 2.33 bits per heavy atom. The van der Waals surface area contributed by atoms with E-state index in [-0.39, 0.29) is 5.48 Å². The Hall–Kier alpha value is -1.46. The van der Waals surface area contributed by atoms with Gasteiger partial charge >= 0.3 is 0 Å². The summed E-state index contributed by atoms with van der Waals surface area (Å²) in [6.07, 6.45) is 0. The average Bonchev–Trinajstić information content (AvgIpc) is 2.33. The van der Waals surface area contributed by atoms with Crippen molar-refractivity contribution < 1.29 is 14.7 Å². The molecule has 0 amide bonds. The number of ether oxygens (including phenoxy) is 1. The minimum atomic E-state index is 0. The van der Waals surface area contributed by atoms with Gasteiger partial charge in [-0.1, -0.05) is 0 Å². The standard InChI is InChI=1S/C13H24N3O.H2O/c1-4-16(3,5-2)8-9-17-13-10-11(14)6-7-12(13)15;/h6-7,10H,4-5,8-9,14-15H2,1-3H3;1H2/q+1;. The van der Waals surface area contributed by atoms with Crippen LogP contribution in [0.2, 0.25) is 0 Å². The number of rotatable bonds is 6. The van der Waals surface area contributed by atoms with Crippen LogP contribution in [0.1, 0.15) is 13.8 Å². The first kappa shape index (κ1) is 16.5. The van der Waals surface area contributed by atoms with Crippen molar-refractivity contribution in [1.82, 2.24) is 0 Å². The summed E-state index contributed by atoms with van der Waals surface area (Å²) in [5.41, 5.74) is 12.8. The molecule has 0 heterocycles. The summed E-state index contributed by atoms with van der Waals surface area (Å²) in [6, 6.07) is 5.33. The molecule has 0 atom stereocenters. The number of quaternary nitrogens is 1. The lowest BCUT2D eigenvalue weighted by Crippen LogP contribution is -2.46. The van der Waals surface area contributed by atoms with Gasteiger partial charge in [-0.05, 0) is 26.0 Å². The number of nitrogens with zero attached hydrogens (tertiary/aromatic N) is 1. The predicted molar refractivity (Wildman–Crippen MR) is 76.5 cm³/mol. The minimum absolute atomic E-state index is 0. The fraction of sp³-hybridized carbons (Fsp3) is 0.538. The number of anilines is 2. The molecular formula is C13H26N3O2+. The molecule has 0 fully saturated rings. The highest BCUT2D eigenvalue weighted by atomic mass is 16.5. The van der Waals surface area contributed by atoms with Crippen molar-refractivity contribution in [1.29, 1.82) is 0 Å². The lowest BCUT2D eigenvalue weighted by atomic mass is 10.2. The third-order valence-electron chi connectivity index (χ3n) is 3.45. The lowest BCUT2D eigenvalue weighted by molar-refractivity contribution is -0.906. The number of benzene rings is 1. The highest BCUT2D eigenvalue weighted by molar-refractivity contribution is 5.59. The summed E-state index contributed by atoms with van der Waals surface area (Å²) < 4.78 is 6.70. The fourth-order valence-corrected chi connectivity index (χ4v) is 1.59. The van der Waals surface area contributed by atoms with Gasteiger partial charge < -0.3 is 26.2 Å².